The maximum Gasteiger partial charge on any atom is 0.311 e. The molecular weight excluding hydrogens is 240 g/mol. The molecule has 0 aliphatic carbocycles. The van der Waals surface area contributed by atoms with Crippen molar-refractivity contribution >= 4 is 23.0 Å². The highest BCUT2D eigenvalue weighted by molar-refractivity contribution is 5.71. The molecule has 0 saturated heterocycles. The van der Waals surface area contributed by atoms with Crippen LogP contribution in [0.2, 0.25) is 0 Å². The summed E-state index contributed by atoms with van der Waals surface area (Å²) in [5.41, 5.74) is 4.62. The minimum Gasteiger partial charge on any atom is -0.382 e. The monoisotopic (exact) mass is 248 g/mol. The van der Waals surface area contributed by atoms with E-state index in [2.05, 4.69) is 20.3 Å². The van der Waals surface area contributed by atoms with Crippen molar-refractivity contribution < 1.29 is 4.92 Å². The average Bonchev–Trinajstić information content (AvgIpc) is 2.34. The van der Waals surface area contributed by atoms with Crippen molar-refractivity contribution in [3.8, 4) is 0 Å². The molecule has 2 heterocycles. The summed E-state index contributed by atoms with van der Waals surface area (Å²) in [5, 5.41) is 13.3. The van der Waals surface area contributed by atoms with Gasteiger partial charge in [-0.1, -0.05) is 0 Å². The van der Waals surface area contributed by atoms with E-state index >= 15 is 0 Å². The zero-order valence-electron chi connectivity index (χ0n) is 8.95. The summed E-state index contributed by atoms with van der Waals surface area (Å²) in [5.74, 6) is -0.147. The third kappa shape index (κ3) is 2.09. The molecule has 18 heavy (non-hydrogen) atoms. The van der Waals surface area contributed by atoms with E-state index in [0.717, 1.165) is 6.33 Å². The highest BCUT2D eigenvalue weighted by Crippen LogP contribution is 2.24. The number of aromatic amines is 1. The lowest BCUT2D eigenvalue weighted by molar-refractivity contribution is -0.384. The van der Waals surface area contributed by atoms with Crippen molar-refractivity contribution in [1.82, 2.24) is 15.0 Å². The van der Waals surface area contributed by atoms with Gasteiger partial charge in [-0.25, -0.2) is 9.97 Å². The largest absolute Gasteiger partial charge is 0.382 e. The third-order valence-corrected chi connectivity index (χ3v) is 2.11. The molecule has 0 unspecified atom stereocenters. The van der Waals surface area contributed by atoms with Gasteiger partial charge < -0.3 is 16.0 Å². The molecule has 2 aromatic rings. The number of nitro groups is 1. The molecule has 2 aromatic heterocycles. The van der Waals surface area contributed by atoms with E-state index in [4.69, 9.17) is 5.73 Å². The summed E-state index contributed by atoms with van der Waals surface area (Å²) in [6.07, 6.45) is 2.49. The number of anilines is 3. The van der Waals surface area contributed by atoms with Gasteiger partial charge in [0.05, 0.1) is 11.3 Å². The second kappa shape index (κ2) is 4.49. The van der Waals surface area contributed by atoms with Crippen LogP contribution in [0, 0.1) is 10.1 Å². The molecule has 92 valence electrons. The number of aromatic nitrogens is 3. The van der Waals surface area contributed by atoms with E-state index in [1.54, 1.807) is 0 Å². The number of nitrogens with zero attached hydrogens (tertiary/aromatic N) is 3. The number of hydrogen-bond acceptors (Lipinski definition) is 7. The Hall–Kier alpha value is -2.97. The van der Waals surface area contributed by atoms with E-state index < -0.39 is 10.5 Å². The second-order valence-electron chi connectivity index (χ2n) is 3.25. The number of nitrogens with two attached hydrogens (primary N) is 1. The summed E-state index contributed by atoms with van der Waals surface area (Å²) in [7, 11) is 0. The summed E-state index contributed by atoms with van der Waals surface area (Å²) in [6.45, 7) is 0. The fourth-order valence-electron chi connectivity index (χ4n) is 1.29. The number of pyridine rings is 1. The molecule has 0 fully saturated rings. The van der Waals surface area contributed by atoms with Gasteiger partial charge in [-0.05, 0) is 6.07 Å². The van der Waals surface area contributed by atoms with E-state index in [-0.39, 0.29) is 23.0 Å². The van der Waals surface area contributed by atoms with Crippen molar-refractivity contribution in [2.45, 2.75) is 0 Å². The van der Waals surface area contributed by atoms with Gasteiger partial charge in [-0.3, -0.25) is 14.9 Å². The number of H-pyrrole nitrogens is 1. The molecule has 0 aromatic carbocycles. The van der Waals surface area contributed by atoms with Crippen molar-refractivity contribution in [3.63, 3.8) is 0 Å². The van der Waals surface area contributed by atoms with Gasteiger partial charge in [0.2, 0.25) is 5.82 Å². The molecule has 0 aliphatic heterocycles. The zero-order chi connectivity index (χ0) is 13.1. The Balaban J connectivity index is 2.47. The predicted octanol–water partition coefficient (Wildman–Crippen LogP) is 0.399. The Bertz CT molecular complexity index is 653. The highest BCUT2D eigenvalue weighted by atomic mass is 16.6. The highest BCUT2D eigenvalue weighted by Gasteiger charge is 2.16. The van der Waals surface area contributed by atoms with Crippen LogP contribution in [0.15, 0.2) is 29.5 Å². The van der Waals surface area contributed by atoms with Crippen molar-refractivity contribution in [3.05, 3.63) is 45.1 Å². The van der Waals surface area contributed by atoms with Crippen LogP contribution in [-0.2, 0) is 0 Å². The van der Waals surface area contributed by atoms with Gasteiger partial charge in [-0.15, -0.1) is 0 Å². The number of nitrogens with one attached hydrogen (secondary N) is 2. The molecule has 0 saturated carbocycles. The molecule has 0 bridgehead atoms. The van der Waals surface area contributed by atoms with Crippen LogP contribution >= 0.6 is 0 Å². The van der Waals surface area contributed by atoms with Crippen LogP contribution in [0.1, 0.15) is 0 Å². The topological polar surface area (TPSA) is 140 Å². The molecule has 9 nitrogen and oxygen atoms in total. The lowest BCUT2D eigenvalue weighted by atomic mass is 10.3. The number of rotatable bonds is 3. The minimum atomic E-state index is -0.615. The summed E-state index contributed by atoms with van der Waals surface area (Å²) >= 11 is 0. The van der Waals surface area contributed by atoms with E-state index in [1.807, 2.05) is 0 Å². The second-order valence-corrected chi connectivity index (χ2v) is 3.25. The van der Waals surface area contributed by atoms with Crippen LogP contribution in [0.4, 0.5) is 23.0 Å². The van der Waals surface area contributed by atoms with E-state index in [1.165, 1.54) is 18.3 Å². The first kappa shape index (κ1) is 11.5. The third-order valence-electron chi connectivity index (χ3n) is 2.11. The molecule has 0 radical (unpaired) electrons. The molecule has 0 atom stereocenters. The van der Waals surface area contributed by atoms with E-state index in [0.29, 0.717) is 0 Å². The molecule has 0 aliphatic rings. The average molecular weight is 248 g/mol. The van der Waals surface area contributed by atoms with E-state index in [9.17, 15) is 14.9 Å². The first-order chi connectivity index (χ1) is 8.59. The number of nitrogen functional groups attached to an aromatic ring is 1. The molecular formula is C9H8N6O3. The molecule has 4 N–H and O–H groups in total. The smallest absolute Gasteiger partial charge is 0.311 e. The van der Waals surface area contributed by atoms with Gasteiger partial charge in [0.25, 0.3) is 5.56 Å². The van der Waals surface area contributed by atoms with Crippen molar-refractivity contribution in [2.24, 2.45) is 0 Å². The Labute approximate surface area is 99.9 Å². The Morgan fingerprint density at radius 1 is 1.44 bits per heavy atom. The molecule has 0 spiro atoms. The van der Waals surface area contributed by atoms with Crippen LogP contribution < -0.4 is 16.6 Å². The first-order valence-corrected chi connectivity index (χ1v) is 4.79. The zero-order valence-corrected chi connectivity index (χ0v) is 8.95. The normalized spacial score (nSPS) is 10.0. The Morgan fingerprint density at radius 3 is 2.89 bits per heavy atom. The van der Waals surface area contributed by atoms with Crippen molar-refractivity contribution in [2.75, 3.05) is 11.1 Å². The van der Waals surface area contributed by atoms with Gasteiger partial charge >= 0.3 is 5.69 Å². The quantitative estimate of drug-likeness (QED) is 0.527. The van der Waals surface area contributed by atoms with Gasteiger partial charge in [-0.2, -0.15) is 0 Å². The van der Waals surface area contributed by atoms with Crippen LogP contribution in [0.25, 0.3) is 0 Å². The summed E-state index contributed by atoms with van der Waals surface area (Å²) in [6, 6.07) is 2.68. The molecule has 0 amide bonds. The van der Waals surface area contributed by atoms with Crippen LogP contribution in [0.5, 0.6) is 0 Å². The van der Waals surface area contributed by atoms with Crippen LogP contribution in [-0.4, -0.2) is 19.9 Å². The number of hydrogen-bond donors (Lipinski definition) is 3. The molecule has 2 rings (SSSR count). The lowest BCUT2D eigenvalue weighted by Gasteiger charge is -2.06. The van der Waals surface area contributed by atoms with Gasteiger partial charge in [0.1, 0.15) is 5.69 Å². The Kier molecular flexibility index (Phi) is 2.87. The fourth-order valence-corrected chi connectivity index (χ4v) is 1.29. The maximum atomic E-state index is 11.5. The standard InChI is InChI=1S/C9H8N6O3/c10-7-6(9(16)13-4-12-7)14-8-5(15(17)18)2-1-3-11-8/h1-4H,(H,11,14)(H3,10,12,13,16). The van der Waals surface area contributed by atoms with Crippen LogP contribution in [0.3, 0.4) is 0 Å². The summed E-state index contributed by atoms with van der Waals surface area (Å²) < 4.78 is 0. The Morgan fingerprint density at radius 2 is 2.22 bits per heavy atom. The van der Waals surface area contributed by atoms with Gasteiger partial charge in [0, 0.05) is 12.3 Å². The predicted molar refractivity (Wildman–Crippen MR) is 63.4 cm³/mol. The lowest BCUT2D eigenvalue weighted by Crippen LogP contribution is -2.15. The SMILES string of the molecule is Nc1nc[nH]c(=O)c1Nc1ncccc1[N+](=O)[O-]. The summed E-state index contributed by atoms with van der Waals surface area (Å²) in [4.78, 5) is 31.4. The minimum absolute atomic E-state index is 0.0706. The van der Waals surface area contributed by atoms with Crippen molar-refractivity contribution in [1.29, 1.82) is 0 Å². The van der Waals surface area contributed by atoms with Gasteiger partial charge in [0.15, 0.2) is 5.82 Å². The first-order valence-electron chi connectivity index (χ1n) is 4.79. The fraction of sp³-hybridized carbons (Fsp3) is 0. The molecule has 9 heteroatoms. The maximum absolute atomic E-state index is 11.5.